The number of rotatable bonds is 5. The van der Waals surface area contributed by atoms with Gasteiger partial charge in [-0.15, -0.1) is 0 Å². The molecule has 1 saturated carbocycles. The number of hydrogen-bond acceptors (Lipinski definition) is 5. The maximum absolute atomic E-state index is 12.2. The van der Waals surface area contributed by atoms with E-state index in [4.69, 9.17) is 5.73 Å². The van der Waals surface area contributed by atoms with Crippen molar-refractivity contribution in [2.45, 2.75) is 31.1 Å². The molecule has 1 fully saturated rings. The van der Waals surface area contributed by atoms with Crippen molar-refractivity contribution in [1.29, 1.82) is 0 Å². The van der Waals surface area contributed by atoms with Crippen molar-refractivity contribution >= 4 is 21.4 Å². The largest absolute Gasteiger partial charge is 0.397 e. The lowest BCUT2D eigenvalue weighted by atomic mass is 9.71. The molecule has 0 unspecified atom stereocenters. The highest BCUT2D eigenvalue weighted by molar-refractivity contribution is 7.89. The number of hydrogen-bond donors (Lipinski definition) is 2. The molecular weight excluding hydrogens is 282 g/mol. The van der Waals surface area contributed by atoms with Crippen LogP contribution in [-0.2, 0) is 10.0 Å². The molecule has 1 aliphatic rings. The summed E-state index contributed by atoms with van der Waals surface area (Å²) in [5, 5.41) is 10.6. The Morgan fingerprint density at radius 1 is 1.45 bits per heavy atom. The molecular formula is C12H17N3O4S. The number of nitro groups is 1. The monoisotopic (exact) mass is 299 g/mol. The average molecular weight is 299 g/mol. The van der Waals surface area contributed by atoms with Gasteiger partial charge in [0.2, 0.25) is 10.0 Å². The third-order valence-electron chi connectivity index (χ3n) is 3.74. The zero-order valence-corrected chi connectivity index (χ0v) is 11.9. The summed E-state index contributed by atoms with van der Waals surface area (Å²) in [6.07, 6.45) is 3.09. The lowest BCUT2D eigenvalue weighted by Crippen LogP contribution is -2.40. The van der Waals surface area contributed by atoms with E-state index in [1.807, 2.05) is 6.92 Å². The maximum Gasteiger partial charge on any atom is 0.271 e. The van der Waals surface area contributed by atoms with Crippen molar-refractivity contribution < 1.29 is 13.3 Å². The van der Waals surface area contributed by atoms with Crippen molar-refractivity contribution in [3.05, 3.63) is 28.3 Å². The number of nitrogen functional groups attached to an aromatic ring is 1. The van der Waals surface area contributed by atoms with Crippen LogP contribution in [-0.4, -0.2) is 19.9 Å². The van der Waals surface area contributed by atoms with Gasteiger partial charge in [0, 0.05) is 18.7 Å². The van der Waals surface area contributed by atoms with Crippen molar-refractivity contribution in [1.82, 2.24) is 4.72 Å². The van der Waals surface area contributed by atoms with Crippen LogP contribution in [0.15, 0.2) is 23.1 Å². The molecule has 0 bridgehead atoms. The molecule has 0 radical (unpaired) electrons. The summed E-state index contributed by atoms with van der Waals surface area (Å²) >= 11 is 0. The van der Waals surface area contributed by atoms with Crippen LogP contribution in [0.1, 0.15) is 26.2 Å². The molecule has 0 atom stereocenters. The van der Waals surface area contributed by atoms with Gasteiger partial charge in [0.15, 0.2) is 0 Å². The Kier molecular flexibility index (Phi) is 3.70. The first-order valence-corrected chi connectivity index (χ1v) is 7.75. The molecule has 1 aromatic rings. The number of nitrogens with one attached hydrogen (secondary N) is 1. The van der Waals surface area contributed by atoms with Gasteiger partial charge in [0.1, 0.15) is 4.90 Å². The van der Waals surface area contributed by atoms with E-state index in [9.17, 15) is 18.5 Å². The Labute approximate surface area is 117 Å². The van der Waals surface area contributed by atoms with Gasteiger partial charge in [-0.25, -0.2) is 13.1 Å². The van der Waals surface area contributed by atoms with Gasteiger partial charge in [-0.3, -0.25) is 10.1 Å². The summed E-state index contributed by atoms with van der Waals surface area (Å²) in [5.74, 6) is 0. The van der Waals surface area contributed by atoms with Gasteiger partial charge in [-0.2, -0.15) is 0 Å². The normalized spacial score (nSPS) is 17.4. The van der Waals surface area contributed by atoms with Crippen molar-refractivity contribution in [3.63, 3.8) is 0 Å². The predicted octanol–water partition coefficient (Wildman–Crippen LogP) is 1.65. The third kappa shape index (κ3) is 2.91. The van der Waals surface area contributed by atoms with Crippen LogP contribution >= 0.6 is 0 Å². The van der Waals surface area contributed by atoms with Gasteiger partial charge in [0.05, 0.1) is 10.6 Å². The van der Waals surface area contributed by atoms with E-state index in [0.717, 1.165) is 31.4 Å². The first kappa shape index (κ1) is 14.7. The highest BCUT2D eigenvalue weighted by Crippen LogP contribution is 2.39. The van der Waals surface area contributed by atoms with Gasteiger partial charge in [-0.05, 0) is 24.3 Å². The van der Waals surface area contributed by atoms with Crippen molar-refractivity contribution in [2.24, 2.45) is 5.41 Å². The van der Waals surface area contributed by atoms with E-state index in [-0.39, 0.29) is 21.7 Å². The molecule has 0 saturated heterocycles. The molecule has 7 nitrogen and oxygen atoms in total. The molecule has 1 aromatic carbocycles. The zero-order chi connectivity index (χ0) is 15.0. The van der Waals surface area contributed by atoms with E-state index in [0.29, 0.717) is 6.54 Å². The number of benzene rings is 1. The molecule has 0 heterocycles. The smallest absolute Gasteiger partial charge is 0.271 e. The van der Waals surface area contributed by atoms with Crippen LogP contribution in [0.3, 0.4) is 0 Å². The minimum Gasteiger partial charge on any atom is -0.397 e. The van der Waals surface area contributed by atoms with E-state index in [2.05, 4.69) is 4.72 Å². The molecule has 1 aliphatic carbocycles. The quantitative estimate of drug-likeness (QED) is 0.487. The Hall–Kier alpha value is -1.67. The highest BCUT2D eigenvalue weighted by Gasteiger charge is 2.33. The summed E-state index contributed by atoms with van der Waals surface area (Å²) < 4.78 is 26.8. The first-order valence-electron chi connectivity index (χ1n) is 6.27. The number of nitro benzene ring substituents is 1. The molecule has 2 rings (SSSR count). The van der Waals surface area contributed by atoms with E-state index in [1.54, 1.807) is 0 Å². The second kappa shape index (κ2) is 5.02. The molecule has 0 amide bonds. The van der Waals surface area contributed by atoms with Crippen molar-refractivity contribution in [3.8, 4) is 0 Å². The summed E-state index contributed by atoms with van der Waals surface area (Å²) in [5.41, 5.74) is 5.26. The number of anilines is 1. The summed E-state index contributed by atoms with van der Waals surface area (Å²) in [7, 11) is -3.74. The Bertz CT molecular complexity index is 638. The van der Waals surface area contributed by atoms with Gasteiger partial charge in [0.25, 0.3) is 5.69 Å². The third-order valence-corrected chi connectivity index (χ3v) is 5.22. The van der Waals surface area contributed by atoms with E-state index < -0.39 is 14.9 Å². The van der Waals surface area contributed by atoms with Crippen LogP contribution < -0.4 is 10.5 Å². The maximum atomic E-state index is 12.2. The Morgan fingerprint density at radius 3 is 2.55 bits per heavy atom. The van der Waals surface area contributed by atoms with E-state index >= 15 is 0 Å². The second-order valence-corrected chi connectivity index (χ2v) is 7.20. The summed E-state index contributed by atoms with van der Waals surface area (Å²) in [4.78, 5) is 9.87. The van der Waals surface area contributed by atoms with Crippen LogP contribution in [0.5, 0.6) is 0 Å². The first-order chi connectivity index (χ1) is 9.23. The van der Waals surface area contributed by atoms with Gasteiger partial charge >= 0.3 is 0 Å². The van der Waals surface area contributed by atoms with Crippen LogP contribution in [0, 0.1) is 15.5 Å². The van der Waals surface area contributed by atoms with Crippen LogP contribution in [0.4, 0.5) is 11.4 Å². The van der Waals surface area contributed by atoms with Crippen molar-refractivity contribution in [2.75, 3.05) is 12.3 Å². The number of nitrogens with zero attached hydrogens (tertiary/aromatic N) is 1. The zero-order valence-electron chi connectivity index (χ0n) is 11.1. The standard InChI is InChI=1S/C12H17N3O4S/c1-12(5-2-6-12)8-14-20(18,19)11-4-3-9(15(16)17)7-10(11)13/h3-4,7,14H,2,5-6,8,13H2,1H3. The fourth-order valence-electron chi connectivity index (χ4n) is 2.20. The topological polar surface area (TPSA) is 115 Å². The Morgan fingerprint density at radius 2 is 2.10 bits per heavy atom. The fourth-order valence-corrected chi connectivity index (χ4v) is 3.51. The predicted molar refractivity (Wildman–Crippen MR) is 74.7 cm³/mol. The lowest BCUT2D eigenvalue weighted by molar-refractivity contribution is -0.384. The minimum absolute atomic E-state index is 0.00259. The summed E-state index contributed by atoms with van der Waals surface area (Å²) in [6, 6.07) is 3.36. The van der Waals surface area contributed by atoms with Gasteiger partial charge < -0.3 is 5.73 Å². The molecule has 0 spiro atoms. The van der Waals surface area contributed by atoms with Crippen LogP contribution in [0.2, 0.25) is 0 Å². The average Bonchev–Trinajstić information content (AvgIpc) is 2.33. The van der Waals surface area contributed by atoms with Crippen LogP contribution in [0.25, 0.3) is 0 Å². The fraction of sp³-hybridized carbons (Fsp3) is 0.500. The second-order valence-electron chi connectivity index (χ2n) is 5.47. The number of non-ortho nitro benzene ring substituents is 1. The SMILES string of the molecule is CC1(CNS(=O)(=O)c2ccc([N+](=O)[O-])cc2N)CCC1. The number of nitrogens with two attached hydrogens (primary N) is 1. The Balaban J connectivity index is 2.18. The number of sulfonamides is 1. The summed E-state index contributed by atoms with van der Waals surface area (Å²) in [6.45, 7) is 2.38. The highest BCUT2D eigenvalue weighted by atomic mass is 32.2. The molecule has 110 valence electrons. The molecule has 0 aliphatic heterocycles. The molecule has 3 N–H and O–H groups in total. The lowest BCUT2D eigenvalue weighted by Gasteiger charge is -2.38. The minimum atomic E-state index is -3.74. The molecule has 20 heavy (non-hydrogen) atoms. The van der Waals surface area contributed by atoms with E-state index in [1.165, 1.54) is 6.07 Å². The molecule has 0 aromatic heterocycles. The van der Waals surface area contributed by atoms with Gasteiger partial charge in [-0.1, -0.05) is 13.3 Å². The molecule has 8 heteroatoms.